The highest BCUT2D eigenvalue weighted by Crippen LogP contribution is 2.30. The number of carbonyl (C=O) groups is 1. The van der Waals surface area contributed by atoms with E-state index in [4.69, 9.17) is 4.74 Å². The van der Waals surface area contributed by atoms with Gasteiger partial charge in [0.1, 0.15) is 0 Å². The standard InChI is InChI=1S/C12H19NO2/c1-12(2)6-7-13(9-12)11(14)10-5-3-4-8-15-10/h5H,3-4,6-9H2,1-2H3. The third-order valence-electron chi connectivity index (χ3n) is 3.11. The van der Waals surface area contributed by atoms with E-state index in [2.05, 4.69) is 13.8 Å². The molecule has 0 bridgehead atoms. The number of ether oxygens (including phenoxy) is 1. The van der Waals surface area contributed by atoms with Gasteiger partial charge in [-0.25, -0.2) is 0 Å². The number of nitrogens with zero attached hydrogens (tertiary/aromatic N) is 1. The topological polar surface area (TPSA) is 29.5 Å². The summed E-state index contributed by atoms with van der Waals surface area (Å²) in [6.45, 7) is 6.82. The Morgan fingerprint density at radius 1 is 1.53 bits per heavy atom. The molecule has 0 aromatic heterocycles. The first-order valence-corrected chi connectivity index (χ1v) is 5.71. The van der Waals surface area contributed by atoms with Crippen LogP contribution in [0.15, 0.2) is 11.8 Å². The molecule has 2 aliphatic heterocycles. The summed E-state index contributed by atoms with van der Waals surface area (Å²) in [4.78, 5) is 13.9. The molecule has 0 atom stereocenters. The van der Waals surface area contributed by atoms with Crippen LogP contribution in [0.3, 0.4) is 0 Å². The molecule has 3 nitrogen and oxygen atoms in total. The molecule has 2 aliphatic rings. The van der Waals surface area contributed by atoms with Crippen molar-refractivity contribution in [2.24, 2.45) is 5.41 Å². The quantitative estimate of drug-likeness (QED) is 0.660. The van der Waals surface area contributed by atoms with Gasteiger partial charge in [-0.05, 0) is 30.8 Å². The van der Waals surface area contributed by atoms with Gasteiger partial charge in [-0.2, -0.15) is 0 Å². The van der Waals surface area contributed by atoms with E-state index in [-0.39, 0.29) is 11.3 Å². The maximum atomic E-state index is 12.0. The van der Waals surface area contributed by atoms with Crippen molar-refractivity contribution in [3.63, 3.8) is 0 Å². The number of amides is 1. The predicted molar refractivity (Wildman–Crippen MR) is 58.2 cm³/mol. The lowest BCUT2D eigenvalue weighted by atomic mass is 9.93. The van der Waals surface area contributed by atoms with Crippen LogP contribution in [0.25, 0.3) is 0 Å². The fourth-order valence-corrected chi connectivity index (χ4v) is 2.15. The molecular weight excluding hydrogens is 190 g/mol. The van der Waals surface area contributed by atoms with Crippen molar-refractivity contribution < 1.29 is 9.53 Å². The number of carbonyl (C=O) groups excluding carboxylic acids is 1. The molecule has 2 heterocycles. The Bertz CT molecular complexity index is 294. The minimum absolute atomic E-state index is 0.0836. The molecule has 0 saturated carbocycles. The van der Waals surface area contributed by atoms with Crippen LogP contribution in [0.1, 0.15) is 33.1 Å². The zero-order chi connectivity index (χ0) is 10.9. The summed E-state index contributed by atoms with van der Waals surface area (Å²) < 4.78 is 5.39. The van der Waals surface area contributed by atoms with E-state index in [1.54, 1.807) is 0 Å². The molecule has 2 rings (SSSR count). The summed E-state index contributed by atoms with van der Waals surface area (Å²) in [5.74, 6) is 0.652. The van der Waals surface area contributed by atoms with Gasteiger partial charge in [-0.3, -0.25) is 4.79 Å². The van der Waals surface area contributed by atoms with Crippen LogP contribution in [-0.4, -0.2) is 30.5 Å². The maximum Gasteiger partial charge on any atom is 0.288 e. The van der Waals surface area contributed by atoms with Crippen molar-refractivity contribution in [1.29, 1.82) is 0 Å². The van der Waals surface area contributed by atoms with E-state index in [0.29, 0.717) is 12.4 Å². The number of hydrogen-bond donors (Lipinski definition) is 0. The second-order valence-corrected chi connectivity index (χ2v) is 5.20. The van der Waals surface area contributed by atoms with Gasteiger partial charge in [-0.15, -0.1) is 0 Å². The molecule has 1 amide bonds. The zero-order valence-corrected chi connectivity index (χ0v) is 9.58. The first-order chi connectivity index (χ1) is 7.08. The summed E-state index contributed by atoms with van der Waals surface area (Å²) in [7, 11) is 0. The van der Waals surface area contributed by atoms with Gasteiger partial charge in [0.15, 0.2) is 5.76 Å². The Morgan fingerprint density at radius 2 is 2.33 bits per heavy atom. The smallest absolute Gasteiger partial charge is 0.288 e. The molecule has 84 valence electrons. The van der Waals surface area contributed by atoms with E-state index < -0.39 is 0 Å². The van der Waals surface area contributed by atoms with Gasteiger partial charge in [0.2, 0.25) is 0 Å². The molecule has 15 heavy (non-hydrogen) atoms. The van der Waals surface area contributed by atoms with Crippen molar-refractivity contribution in [2.45, 2.75) is 33.1 Å². The van der Waals surface area contributed by atoms with Crippen molar-refractivity contribution in [3.8, 4) is 0 Å². The Labute approximate surface area is 91.1 Å². The van der Waals surface area contributed by atoms with Crippen LogP contribution in [0.2, 0.25) is 0 Å². The second-order valence-electron chi connectivity index (χ2n) is 5.20. The van der Waals surface area contributed by atoms with Gasteiger partial charge >= 0.3 is 0 Å². The molecule has 1 saturated heterocycles. The first kappa shape index (κ1) is 10.5. The molecule has 0 aliphatic carbocycles. The Kier molecular flexibility index (Phi) is 2.72. The molecule has 0 spiro atoms. The summed E-state index contributed by atoms with van der Waals surface area (Å²) in [6, 6.07) is 0. The van der Waals surface area contributed by atoms with Crippen molar-refractivity contribution in [2.75, 3.05) is 19.7 Å². The normalized spacial score (nSPS) is 24.7. The zero-order valence-electron chi connectivity index (χ0n) is 9.58. The molecule has 0 radical (unpaired) electrons. The van der Waals surface area contributed by atoms with E-state index >= 15 is 0 Å². The SMILES string of the molecule is CC1(C)CCN(C(=O)C2=CCCCO2)C1. The van der Waals surface area contributed by atoms with Crippen LogP contribution < -0.4 is 0 Å². The first-order valence-electron chi connectivity index (χ1n) is 5.71. The van der Waals surface area contributed by atoms with Crippen molar-refractivity contribution >= 4 is 5.91 Å². The molecule has 1 fully saturated rings. The van der Waals surface area contributed by atoms with Crippen LogP contribution in [-0.2, 0) is 9.53 Å². The van der Waals surface area contributed by atoms with Crippen molar-refractivity contribution in [1.82, 2.24) is 4.90 Å². The van der Waals surface area contributed by atoms with Gasteiger partial charge in [0, 0.05) is 13.1 Å². The van der Waals surface area contributed by atoms with Crippen LogP contribution in [0.5, 0.6) is 0 Å². The lowest BCUT2D eigenvalue weighted by Crippen LogP contribution is -2.32. The second kappa shape index (κ2) is 3.87. The molecule has 0 unspecified atom stereocenters. The summed E-state index contributed by atoms with van der Waals surface area (Å²) in [6.07, 6.45) is 5.02. The van der Waals surface area contributed by atoms with Gasteiger partial charge < -0.3 is 9.64 Å². The van der Waals surface area contributed by atoms with E-state index in [1.165, 1.54) is 0 Å². The lowest BCUT2D eigenvalue weighted by Gasteiger charge is -2.22. The summed E-state index contributed by atoms with van der Waals surface area (Å²) in [5.41, 5.74) is 0.269. The molecule has 0 aromatic rings. The van der Waals surface area contributed by atoms with Gasteiger partial charge in [0.25, 0.3) is 5.91 Å². The third-order valence-corrected chi connectivity index (χ3v) is 3.11. The van der Waals surface area contributed by atoms with Crippen LogP contribution >= 0.6 is 0 Å². The molecule has 3 heteroatoms. The maximum absolute atomic E-state index is 12.0. The average Bonchev–Trinajstić information content (AvgIpc) is 2.59. The Balaban J connectivity index is 2.00. The average molecular weight is 209 g/mol. The highest BCUT2D eigenvalue weighted by atomic mass is 16.5. The Hall–Kier alpha value is -0.990. The number of hydrogen-bond acceptors (Lipinski definition) is 2. The Morgan fingerprint density at radius 3 is 2.87 bits per heavy atom. The van der Waals surface area contributed by atoms with Gasteiger partial charge in [0.05, 0.1) is 6.61 Å². The monoisotopic (exact) mass is 209 g/mol. The molecule has 0 N–H and O–H groups in total. The highest BCUT2D eigenvalue weighted by Gasteiger charge is 2.33. The highest BCUT2D eigenvalue weighted by molar-refractivity contribution is 5.91. The molecular formula is C12H19NO2. The third kappa shape index (κ3) is 2.33. The fourth-order valence-electron chi connectivity index (χ4n) is 2.15. The van der Waals surface area contributed by atoms with E-state index in [0.717, 1.165) is 32.4 Å². The van der Waals surface area contributed by atoms with E-state index in [1.807, 2.05) is 11.0 Å². The predicted octanol–water partition coefficient (Wildman–Crippen LogP) is 1.94. The minimum Gasteiger partial charge on any atom is -0.488 e. The summed E-state index contributed by atoms with van der Waals surface area (Å²) >= 11 is 0. The molecule has 0 aromatic carbocycles. The van der Waals surface area contributed by atoms with Crippen molar-refractivity contribution in [3.05, 3.63) is 11.8 Å². The fraction of sp³-hybridized carbons (Fsp3) is 0.750. The lowest BCUT2D eigenvalue weighted by molar-refractivity contribution is -0.130. The number of allylic oxidation sites excluding steroid dienone is 1. The number of likely N-dealkylation sites (tertiary alicyclic amines) is 1. The van der Waals surface area contributed by atoms with Gasteiger partial charge in [-0.1, -0.05) is 13.8 Å². The van der Waals surface area contributed by atoms with E-state index in [9.17, 15) is 4.79 Å². The van der Waals surface area contributed by atoms with Crippen LogP contribution in [0.4, 0.5) is 0 Å². The largest absolute Gasteiger partial charge is 0.488 e. The van der Waals surface area contributed by atoms with Crippen LogP contribution in [0, 0.1) is 5.41 Å². The number of rotatable bonds is 1. The minimum atomic E-state index is 0.0836. The summed E-state index contributed by atoms with van der Waals surface area (Å²) in [5, 5.41) is 0.